The molecule has 0 saturated heterocycles. The third kappa shape index (κ3) is 1.75. The van der Waals surface area contributed by atoms with Crippen molar-refractivity contribution < 1.29 is 8.78 Å². The van der Waals surface area contributed by atoms with Gasteiger partial charge in [-0.05, 0) is 24.3 Å². The zero-order chi connectivity index (χ0) is 11.7. The summed E-state index contributed by atoms with van der Waals surface area (Å²) in [4.78, 5) is 0.754. The van der Waals surface area contributed by atoms with E-state index in [-0.39, 0.29) is 11.3 Å². The SMILES string of the molecule is N#Cc1sc(-c2cc(F)ccc2F)cc1N. The largest absolute Gasteiger partial charge is 0.397 e. The standard InChI is InChI=1S/C11H6F2N2S/c12-6-1-2-8(13)7(3-6)10-4-9(15)11(5-14)16-10/h1-4H,15H2. The molecule has 0 aliphatic carbocycles. The third-order valence-corrected chi connectivity index (χ3v) is 3.15. The van der Waals surface area contributed by atoms with Crippen molar-refractivity contribution in [3.05, 3.63) is 40.8 Å². The summed E-state index contributed by atoms with van der Waals surface area (Å²) in [6, 6.07) is 6.55. The fourth-order valence-electron chi connectivity index (χ4n) is 1.31. The molecule has 2 aromatic rings. The normalized spacial score (nSPS) is 10.1. The summed E-state index contributed by atoms with van der Waals surface area (Å²) in [5.41, 5.74) is 5.96. The molecule has 2 N–H and O–H groups in total. The van der Waals surface area contributed by atoms with E-state index >= 15 is 0 Å². The van der Waals surface area contributed by atoms with E-state index in [0.29, 0.717) is 9.75 Å². The summed E-state index contributed by atoms with van der Waals surface area (Å²) >= 11 is 1.04. The summed E-state index contributed by atoms with van der Waals surface area (Å²) in [5, 5.41) is 8.72. The Morgan fingerprint density at radius 2 is 2.00 bits per heavy atom. The number of halogens is 2. The number of nitriles is 1. The molecule has 0 radical (unpaired) electrons. The summed E-state index contributed by atoms with van der Waals surface area (Å²) in [5.74, 6) is -1.06. The molecule has 0 fully saturated rings. The van der Waals surface area contributed by atoms with E-state index in [4.69, 9.17) is 11.0 Å². The monoisotopic (exact) mass is 236 g/mol. The second-order valence-electron chi connectivity index (χ2n) is 3.13. The Kier molecular flexibility index (Phi) is 2.59. The van der Waals surface area contributed by atoms with E-state index in [2.05, 4.69) is 0 Å². The Hall–Kier alpha value is -1.93. The molecule has 0 bridgehead atoms. The van der Waals surface area contributed by atoms with Crippen LogP contribution in [-0.4, -0.2) is 0 Å². The van der Waals surface area contributed by atoms with Crippen LogP contribution in [0.1, 0.15) is 4.88 Å². The Labute approximate surface area is 94.6 Å². The minimum absolute atomic E-state index is 0.123. The van der Waals surface area contributed by atoms with Crippen LogP contribution in [-0.2, 0) is 0 Å². The Bertz CT molecular complexity index is 584. The molecule has 1 aromatic heterocycles. The fraction of sp³-hybridized carbons (Fsp3) is 0. The lowest BCUT2D eigenvalue weighted by atomic mass is 10.1. The van der Waals surface area contributed by atoms with E-state index in [1.807, 2.05) is 6.07 Å². The molecule has 16 heavy (non-hydrogen) atoms. The highest BCUT2D eigenvalue weighted by molar-refractivity contribution is 7.16. The highest BCUT2D eigenvalue weighted by Crippen LogP contribution is 2.34. The number of nitrogen functional groups attached to an aromatic ring is 1. The molecule has 0 spiro atoms. The molecule has 2 nitrogen and oxygen atoms in total. The van der Waals surface area contributed by atoms with E-state index in [9.17, 15) is 8.78 Å². The highest BCUT2D eigenvalue weighted by Gasteiger charge is 2.12. The number of benzene rings is 1. The van der Waals surface area contributed by atoms with Crippen LogP contribution in [0.3, 0.4) is 0 Å². The average molecular weight is 236 g/mol. The van der Waals surface area contributed by atoms with Gasteiger partial charge in [0.05, 0.1) is 5.69 Å². The van der Waals surface area contributed by atoms with Crippen LogP contribution in [0.15, 0.2) is 24.3 Å². The first-order valence-electron chi connectivity index (χ1n) is 4.36. The summed E-state index contributed by atoms with van der Waals surface area (Å²) in [6.45, 7) is 0. The van der Waals surface area contributed by atoms with E-state index < -0.39 is 11.6 Å². The molecule has 5 heteroatoms. The number of thiophene rings is 1. The molecular formula is C11H6F2N2S. The van der Waals surface area contributed by atoms with Gasteiger partial charge in [0.25, 0.3) is 0 Å². The number of anilines is 1. The molecule has 0 saturated carbocycles. The molecule has 80 valence electrons. The minimum atomic E-state index is -0.535. The van der Waals surface area contributed by atoms with Gasteiger partial charge in [0.1, 0.15) is 22.6 Å². The molecule has 0 atom stereocenters. The third-order valence-electron chi connectivity index (χ3n) is 2.06. The number of hydrogen-bond acceptors (Lipinski definition) is 3. The number of hydrogen-bond donors (Lipinski definition) is 1. The Morgan fingerprint density at radius 1 is 1.25 bits per heavy atom. The van der Waals surface area contributed by atoms with Crippen LogP contribution in [0, 0.1) is 23.0 Å². The van der Waals surface area contributed by atoms with Gasteiger partial charge in [0, 0.05) is 10.4 Å². The second kappa shape index (κ2) is 3.91. The fourth-order valence-corrected chi connectivity index (χ4v) is 2.21. The first-order valence-corrected chi connectivity index (χ1v) is 5.18. The van der Waals surface area contributed by atoms with E-state index in [0.717, 1.165) is 29.5 Å². The van der Waals surface area contributed by atoms with Gasteiger partial charge in [-0.15, -0.1) is 11.3 Å². The first-order chi connectivity index (χ1) is 7.61. The van der Waals surface area contributed by atoms with Crippen LogP contribution < -0.4 is 5.73 Å². The van der Waals surface area contributed by atoms with Crippen molar-refractivity contribution >= 4 is 17.0 Å². The van der Waals surface area contributed by atoms with Crippen molar-refractivity contribution in [3.63, 3.8) is 0 Å². The zero-order valence-corrected chi connectivity index (χ0v) is 8.81. The summed E-state index contributed by atoms with van der Waals surface area (Å²) < 4.78 is 26.4. The highest BCUT2D eigenvalue weighted by atomic mass is 32.1. The van der Waals surface area contributed by atoms with Crippen molar-refractivity contribution in [2.45, 2.75) is 0 Å². The van der Waals surface area contributed by atoms with Crippen molar-refractivity contribution in [2.75, 3.05) is 5.73 Å². The lowest BCUT2D eigenvalue weighted by Crippen LogP contribution is -1.84. The molecule has 0 aliphatic rings. The van der Waals surface area contributed by atoms with Crippen molar-refractivity contribution in [1.29, 1.82) is 5.26 Å². The van der Waals surface area contributed by atoms with Crippen molar-refractivity contribution in [1.82, 2.24) is 0 Å². The van der Waals surface area contributed by atoms with Gasteiger partial charge in [0.2, 0.25) is 0 Å². The molecule has 1 heterocycles. The van der Waals surface area contributed by atoms with Crippen LogP contribution in [0.5, 0.6) is 0 Å². The van der Waals surface area contributed by atoms with E-state index in [1.165, 1.54) is 6.07 Å². The summed E-state index contributed by atoms with van der Waals surface area (Å²) in [6.07, 6.45) is 0. The topological polar surface area (TPSA) is 49.8 Å². The lowest BCUT2D eigenvalue weighted by molar-refractivity contribution is 0.603. The lowest BCUT2D eigenvalue weighted by Gasteiger charge is -1.99. The van der Waals surface area contributed by atoms with Gasteiger partial charge in [-0.3, -0.25) is 0 Å². The molecule has 2 rings (SSSR count). The van der Waals surface area contributed by atoms with Crippen molar-refractivity contribution in [3.8, 4) is 16.5 Å². The van der Waals surface area contributed by atoms with Gasteiger partial charge in [0.15, 0.2) is 0 Å². The predicted octanol–water partition coefficient (Wildman–Crippen LogP) is 3.15. The molecule has 0 amide bonds. The van der Waals surface area contributed by atoms with Gasteiger partial charge in [-0.25, -0.2) is 8.78 Å². The maximum absolute atomic E-state index is 13.4. The molecule has 0 unspecified atom stereocenters. The number of nitrogens with zero attached hydrogens (tertiary/aromatic N) is 1. The maximum atomic E-state index is 13.4. The average Bonchev–Trinajstić information content (AvgIpc) is 2.63. The van der Waals surface area contributed by atoms with Crippen LogP contribution in [0.4, 0.5) is 14.5 Å². The van der Waals surface area contributed by atoms with Crippen LogP contribution in [0.25, 0.3) is 10.4 Å². The number of nitrogens with two attached hydrogens (primary N) is 1. The second-order valence-corrected chi connectivity index (χ2v) is 4.18. The van der Waals surface area contributed by atoms with E-state index in [1.54, 1.807) is 0 Å². The maximum Gasteiger partial charge on any atom is 0.132 e. The summed E-state index contributed by atoms with van der Waals surface area (Å²) in [7, 11) is 0. The van der Waals surface area contributed by atoms with Crippen molar-refractivity contribution in [2.24, 2.45) is 0 Å². The zero-order valence-electron chi connectivity index (χ0n) is 8.00. The molecule has 1 aromatic carbocycles. The van der Waals surface area contributed by atoms with Crippen LogP contribution >= 0.6 is 11.3 Å². The van der Waals surface area contributed by atoms with Gasteiger partial charge in [-0.2, -0.15) is 5.26 Å². The Morgan fingerprint density at radius 3 is 2.62 bits per heavy atom. The number of rotatable bonds is 1. The quantitative estimate of drug-likeness (QED) is 0.826. The first kappa shape index (κ1) is 10.6. The van der Waals surface area contributed by atoms with Gasteiger partial charge >= 0.3 is 0 Å². The Balaban J connectivity index is 2.59. The minimum Gasteiger partial charge on any atom is -0.397 e. The van der Waals surface area contributed by atoms with Crippen LogP contribution in [0.2, 0.25) is 0 Å². The smallest absolute Gasteiger partial charge is 0.132 e. The predicted molar refractivity (Wildman–Crippen MR) is 58.8 cm³/mol. The van der Waals surface area contributed by atoms with Gasteiger partial charge in [-0.1, -0.05) is 0 Å². The molecule has 0 aliphatic heterocycles. The molecular weight excluding hydrogens is 230 g/mol. The van der Waals surface area contributed by atoms with Gasteiger partial charge < -0.3 is 5.73 Å².